The minimum absolute atomic E-state index is 0.374. The molecule has 0 bridgehead atoms. The Hall–Kier alpha value is -1.91. The van der Waals surface area contributed by atoms with Crippen LogP contribution in [-0.2, 0) is 4.74 Å². The maximum absolute atomic E-state index is 11.6. The van der Waals surface area contributed by atoms with Crippen LogP contribution < -0.4 is 0 Å². The number of pyridine rings is 1. The number of aryl methyl sites for hydroxylation is 2. The van der Waals surface area contributed by atoms with Gasteiger partial charge in [-0.25, -0.2) is 4.79 Å². The van der Waals surface area contributed by atoms with E-state index in [4.69, 9.17) is 4.74 Å². The van der Waals surface area contributed by atoms with Crippen molar-refractivity contribution >= 4 is 11.6 Å². The van der Waals surface area contributed by atoms with Gasteiger partial charge in [0.2, 0.25) is 0 Å². The van der Waals surface area contributed by atoms with Crippen LogP contribution in [0.5, 0.6) is 0 Å². The summed E-state index contributed by atoms with van der Waals surface area (Å²) >= 11 is 0. The fraction of sp³-hybridized carbons (Fsp3) is 0.300. The molecule has 0 amide bonds. The number of fused-ring (bicyclic) bond motifs is 1. The molecule has 0 aromatic carbocycles. The summed E-state index contributed by atoms with van der Waals surface area (Å²) in [6, 6.07) is 3.65. The lowest BCUT2D eigenvalue weighted by molar-refractivity contribution is 0.0591. The van der Waals surface area contributed by atoms with Crippen LogP contribution >= 0.6 is 0 Å². The van der Waals surface area contributed by atoms with Crippen molar-refractivity contribution in [2.24, 2.45) is 0 Å². The van der Waals surface area contributed by atoms with Crippen LogP contribution in [0.3, 0.4) is 0 Å². The lowest BCUT2D eigenvalue weighted by Gasteiger charge is -2.07. The van der Waals surface area contributed by atoms with Gasteiger partial charge in [0.25, 0.3) is 0 Å². The molecular weight excluding hydrogens is 194 g/mol. The van der Waals surface area contributed by atoms with E-state index in [2.05, 4.69) is 10.2 Å². The van der Waals surface area contributed by atoms with Gasteiger partial charge in [0.15, 0.2) is 5.65 Å². The molecule has 0 saturated carbocycles. The first kappa shape index (κ1) is 9.64. The van der Waals surface area contributed by atoms with E-state index in [0.717, 1.165) is 5.56 Å². The van der Waals surface area contributed by atoms with E-state index in [9.17, 15) is 4.79 Å². The van der Waals surface area contributed by atoms with Gasteiger partial charge in [-0.15, -0.1) is 10.2 Å². The minimum atomic E-state index is -0.374. The van der Waals surface area contributed by atoms with Gasteiger partial charge < -0.3 is 4.74 Å². The highest BCUT2D eigenvalue weighted by molar-refractivity contribution is 5.90. The maximum atomic E-state index is 11.6. The lowest BCUT2D eigenvalue weighted by atomic mass is 10.2. The molecule has 0 N–H and O–H groups in total. The number of ether oxygens (including phenoxy) is 1. The van der Waals surface area contributed by atoms with Gasteiger partial charge in [0.1, 0.15) is 11.5 Å². The second-order valence-corrected chi connectivity index (χ2v) is 3.30. The normalized spacial score (nSPS) is 10.6. The average molecular weight is 205 g/mol. The van der Waals surface area contributed by atoms with Crippen molar-refractivity contribution in [3.8, 4) is 0 Å². The molecule has 0 fully saturated rings. The predicted molar refractivity (Wildman–Crippen MR) is 53.8 cm³/mol. The number of rotatable bonds is 1. The molecule has 0 aliphatic heterocycles. The molecule has 2 aromatic rings. The standard InChI is InChI=1S/C10H11N3O2/c1-6-4-5-8-12-11-7(2)13(8)9(6)10(14)15-3/h4-5H,1-3H3. The Morgan fingerprint density at radius 2 is 2.07 bits per heavy atom. The van der Waals surface area contributed by atoms with Crippen LogP contribution in [0.1, 0.15) is 21.9 Å². The Balaban J connectivity index is 2.84. The van der Waals surface area contributed by atoms with E-state index in [1.807, 2.05) is 19.1 Å². The van der Waals surface area contributed by atoms with Crippen LogP contribution in [0, 0.1) is 13.8 Å². The molecule has 2 rings (SSSR count). The molecule has 5 nitrogen and oxygen atoms in total. The summed E-state index contributed by atoms with van der Waals surface area (Å²) in [7, 11) is 1.36. The van der Waals surface area contributed by atoms with E-state index < -0.39 is 0 Å². The van der Waals surface area contributed by atoms with Gasteiger partial charge in [0.05, 0.1) is 7.11 Å². The molecule has 0 radical (unpaired) electrons. The van der Waals surface area contributed by atoms with Gasteiger partial charge in [-0.05, 0) is 25.5 Å². The monoisotopic (exact) mass is 205 g/mol. The number of nitrogens with zero attached hydrogens (tertiary/aromatic N) is 3. The van der Waals surface area contributed by atoms with E-state index in [1.165, 1.54) is 7.11 Å². The number of aromatic nitrogens is 3. The molecule has 2 aromatic heterocycles. The topological polar surface area (TPSA) is 56.5 Å². The van der Waals surface area contributed by atoms with Crippen molar-refractivity contribution in [1.82, 2.24) is 14.6 Å². The molecule has 0 aliphatic carbocycles. The molecule has 78 valence electrons. The zero-order chi connectivity index (χ0) is 11.0. The van der Waals surface area contributed by atoms with Gasteiger partial charge >= 0.3 is 5.97 Å². The van der Waals surface area contributed by atoms with Gasteiger partial charge in [0, 0.05) is 0 Å². The van der Waals surface area contributed by atoms with Gasteiger partial charge in [-0.2, -0.15) is 0 Å². The first-order valence-corrected chi connectivity index (χ1v) is 4.55. The fourth-order valence-electron chi connectivity index (χ4n) is 1.57. The summed E-state index contributed by atoms with van der Waals surface area (Å²) in [6.07, 6.45) is 0. The smallest absolute Gasteiger partial charge is 0.355 e. The highest BCUT2D eigenvalue weighted by atomic mass is 16.5. The highest BCUT2D eigenvalue weighted by Crippen LogP contribution is 2.13. The van der Waals surface area contributed by atoms with E-state index in [0.29, 0.717) is 17.2 Å². The quantitative estimate of drug-likeness (QED) is 0.655. The zero-order valence-corrected chi connectivity index (χ0v) is 8.81. The number of methoxy groups -OCH3 is 1. The Morgan fingerprint density at radius 3 is 2.73 bits per heavy atom. The SMILES string of the molecule is COC(=O)c1c(C)ccc2nnc(C)n12. The summed E-state index contributed by atoms with van der Waals surface area (Å²) in [4.78, 5) is 11.6. The zero-order valence-electron chi connectivity index (χ0n) is 8.81. The minimum Gasteiger partial charge on any atom is -0.464 e. The van der Waals surface area contributed by atoms with Crippen LogP contribution in [0.15, 0.2) is 12.1 Å². The average Bonchev–Trinajstić information content (AvgIpc) is 2.60. The molecule has 15 heavy (non-hydrogen) atoms. The van der Waals surface area contributed by atoms with Crippen LogP contribution in [0.4, 0.5) is 0 Å². The van der Waals surface area contributed by atoms with Crippen molar-refractivity contribution in [1.29, 1.82) is 0 Å². The third-order valence-corrected chi connectivity index (χ3v) is 2.31. The maximum Gasteiger partial charge on any atom is 0.355 e. The van der Waals surface area contributed by atoms with Gasteiger partial charge in [-0.3, -0.25) is 4.40 Å². The van der Waals surface area contributed by atoms with Crippen molar-refractivity contribution < 1.29 is 9.53 Å². The van der Waals surface area contributed by atoms with Crippen molar-refractivity contribution in [2.75, 3.05) is 7.11 Å². The Labute approximate surface area is 86.7 Å². The summed E-state index contributed by atoms with van der Waals surface area (Å²) in [5.41, 5.74) is 1.98. The Bertz CT molecular complexity index is 531. The molecule has 5 heteroatoms. The van der Waals surface area contributed by atoms with Crippen LogP contribution in [0.25, 0.3) is 5.65 Å². The Morgan fingerprint density at radius 1 is 1.33 bits per heavy atom. The molecule has 0 saturated heterocycles. The number of hydrogen-bond acceptors (Lipinski definition) is 4. The highest BCUT2D eigenvalue weighted by Gasteiger charge is 2.16. The third-order valence-electron chi connectivity index (χ3n) is 2.31. The molecular formula is C10H11N3O2. The van der Waals surface area contributed by atoms with E-state index in [1.54, 1.807) is 11.3 Å². The number of carbonyl (C=O) groups is 1. The van der Waals surface area contributed by atoms with Gasteiger partial charge in [-0.1, -0.05) is 6.07 Å². The summed E-state index contributed by atoms with van der Waals surface area (Å²) in [5.74, 6) is 0.301. The summed E-state index contributed by atoms with van der Waals surface area (Å²) < 4.78 is 6.43. The molecule has 0 spiro atoms. The lowest BCUT2D eigenvalue weighted by Crippen LogP contribution is -2.11. The van der Waals surface area contributed by atoms with E-state index in [-0.39, 0.29) is 5.97 Å². The van der Waals surface area contributed by atoms with Crippen LogP contribution in [-0.4, -0.2) is 27.7 Å². The first-order chi connectivity index (χ1) is 7.15. The van der Waals surface area contributed by atoms with Crippen molar-refractivity contribution in [3.05, 3.63) is 29.2 Å². The fourth-order valence-corrected chi connectivity index (χ4v) is 1.57. The second kappa shape index (κ2) is 3.34. The van der Waals surface area contributed by atoms with E-state index >= 15 is 0 Å². The van der Waals surface area contributed by atoms with Crippen LogP contribution in [0.2, 0.25) is 0 Å². The number of hydrogen-bond donors (Lipinski definition) is 0. The third kappa shape index (κ3) is 1.36. The second-order valence-electron chi connectivity index (χ2n) is 3.30. The molecule has 0 aliphatic rings. The predicted octanol–water partition coefficient (Wildman–Crippen LogP) is 1.13. The summed E-state index contributed by atoms with van der Waals surface area (Å²) in [6.45, 7) is 3.65. The number of esters is 1. The number of carbonyl (C=O) groups excluding carboxylic acids is 1. The Kier molecular flexibility index (Phi) is 2.15. The molecule has 0 atom stereocenters. The molecule has 0 unspecified atom stereocenters. The largest absolute Gasteiger partial charge is 0.464 e. The summed E-state index contributed by atoms with van der Waals surface area (Å²) in [5, 5.41) is 7.86. The molecule has 2 heterocycles. The van der Waals surface area contributed by atoms with Crippen molar-refractivity contribution in [2.45, 2.75) is 13.8 Å². The van der Waals surface area contributed by atoms with Crippen molar-refractivity contribution in [3.63, 3.8) is 0 Å². The first-order valence-electron chi connectivity index (χ1n) is 4.55.